The smallest absolute Gasteiger partial charge is 0.224 e. The van der Waals surface area contributed by atoms with Crippen LogP contribution in [0.4, 0.5) is 17.1 Å². The van der Waals surface area contributed by atoms with Crippen LogP contribution in [0.25, 0.3) is 0 Å². The molecule has 0 aliphatic carbocycles. The van der Waals surface area contributed by atoms with Crippen molar-refractivity contribution in [3.05, 3.63) is 17.7 Å². The number of fused-ring (bicyclic) bond motifs is 1. The van der Waals surface area contributed by atoms with E-state index in [0.29, 0.717) is 12.5 Å². The van der Waals surface area contributed by atoms with E-state index in [1.54, 1.807) is 0 Å². The van der Waals surface area contributed by atoms with Crippen LogP contribution in [0.1, 0.15) is 45.1 Å². The van der Waals surface area contributed by atoms with Gasteiger partial charge in [-0.3, -0.25) is 4.79 Å². The fourth-order valence-corrected chi connectivity index (χ4v) is 2.52. The van der Waals surface area contributed by atoms with E-state index >= 15 is 0 Å². The van der Waals surface area contributed by atoms with Gasteiger partial charge in [0.15, 0.2) is 0 Å². The van der Waals surface area contributed by atoms with Gasteiger partial charge in [-0.15, -0.1) is 0 Å². The molecule has 4 nitrogen and oxygen atoms in total. The first-order valence-corrected chi connectivity index (χ1v) is 7.12. The predicted molar refractivity (Wildman–Crippen MR) is 80.4 cm³/mol. The Kier molecular flexibility index (Phi) is 4.30. The van der Waals surface area contributed by atoms with Gasteiger partial charge in [-0.05, 0) is 37.0 Å². The zero-order valence-electron chi connectivity index (χ0n) is 11.8. The van der Waals surface area contributed by atoms with Crippen LogP contribution in [0.2, 0.25) is 0 Å². The highest BCUT2D eigenvalue weighted by Crippen LogP contribution is 2.31. The van der Waals surface area contributed by atoms with Crippen LogP contribution in [-0.4, -0.2) is 11.9 Å². The van der Waals surface area contributed by atoms with Crippen LogP contribution in [0.3, 0.4) is 0 Å². The van der Waals surface area contributed by atoms with E-state index < -0.39 is 0 Å². The van der Waals surface area contributed by atoms with E-state index in [1.807, 2.05) is 12.1 Å². The maximum Gasteiger partial charge on any atom is 0.224 e. The molecule has 0 fully saturated rings. The number of nitrogen functional groups attached to an aromatic ring is 1. The number of aryl methyl sites for hydroxylation is 1. The second-order valence-electron chi connectivity index (χ2n) is 5.18. The van der Waals surface area contributed by atoms with Crippen molar-refractivity contribution in [3.8, 4) is 0 Å². The lowest BCUT2D eigenvalue weighted by molar-refractivity contribution is -0.116. The first-order chi connectivity index (χ1) is 9.13. The summed E-state index contributed by atoms with van der Waals surface area (Å²) in [4.78, 5) is 11.4. The van der Waals surface area contributed by atoms with Gasteiger partial charge in [0.2, 0.25) is 5.91 Å². The Balaban J connectivity index is 2.21. The van der Waals surface area contributed by atoms with E-state index in [9.17, 15) is 4.79 Å². The summed E-state index contributed by atoms with van der Waals surface area (Å²) in [6.07, 6.45) is 4.66. The molecule has 19 heavy (non-hydrogen) atoms. The molecule has 104 valence electrons. The third kappa shape index (κ3) is 3.19. The van der Waals surface area contributed by atoms with Crippen LogP contribution in [0.5, 0.6) is 0 Å². The summed E-state index contributed by atoms with van der Waals surface area (Å²) >= 11 is 0. The number of carbonyl (C=O) groups is 1. The molecule has 0 radical (unpaired) electrons. The van der Waals surface area contributed by atoms with Gasteiger partial charge < -0.3 is 16.4 Å². The van der Waals surface area contributed by atoms with Crippen molar-refractivity contribution >= 4 is 23.0 Å². The van der Waals surface area contributed by atoms with E-state index in [-0.39, 0.29) is 5.91 Å². The molecular weight excluding hydrogens is 238 g/mol. The summed E-state index contributed by atoms with van der Waals surface area (Å²) in [5.41, 5.74) is 9.84. The first kappa shape index (κ1) is 13.7. The fraction of sp³-hybridized carbons (Fsp3) is 0.533. The number of hydrogen-bond acceptors (Lipinski definition) is 3. The van der Waals surface area contributed by atoms with Crippen molar-refractivity contribution in [1.82, 2.24) is 0 Å². The van der Waals surface area contributed by atoms with Crippen molar-refractivity contribution in [2.75, 3.05) is 16.4 Å². The monoisotopic (exact) mass is 261 g/mol. The normalized spacial score (nSPS) is 15.6. The van der Waals surface area contributed by atoms with Crippen LogP contribution in [0, 0.1) is 0 Å². The molecule has 1 unspecified atom stereocenters. The second kappa shape index (κ2) is 5.95. The number of amides is 1. The van der Waals surface area contributed by atoms with E-state index in [0.717, 1.165) is 48.3 Å². The highest BCUT2D eigenvalue weighted by atomic mass is 16.1. The van der Waals surface area contributed by atoms with Crippen molar-refractivity contribution in [2.24, 2.45) is 0 Å². The van der Waals surface area contributed by atoms with Gasteiger partial charge in [-0.25, -0.2) is 0 Å². The Labute approximate surface area is 114 Å². The number of carbonyl (C=O) groups excluding carboxylic acids is 1. The van der Waals surface area contributed by atoms with E-state index in [1.165, 1.54) is 0 Å². The lowest BCUT2D eigenvalue weighted by Crippen LogP contribution is -2.22. The van der Waals surface area contributed by atoms with Crippen molar-refractivity contribution in [1.29, 1.82) is 0 Å². The Bertz CT molecular complexity index is 471. The average molecular weight is 261 g/mol. The third-order valence-electron chi connectivity index (χ3n) is 3.66. The number of benzene rings is 1. The second-order valence-corrected chi connectivity index (χ2v) is 5.18. The fourth-order valence-electron chi connectivity index (χ4n) is 2.52. The number of nitrogens with two attached hydrogens (primary N) is 1. The number of anilines is 3. The lowest BCUT2D eigenvalue weighted by Gasteiger charge is -2.23. The summed E-state index contributed by atoms with van der Waals surface area (Å²) in [5, 5.41) is 6.40. The number of nitrogens with one attached hydrogen (secondary N) is 2. The van der Waals surface area contributed by atoms with Gasteiger partial charge in [-0.1, -0.05) is 20.3 Å². The Hall–Kier alpha value is -1.71. The Morgan fingerprint density at radius 3 is 2.84 bits per heavy atom. The molecule has 1 atom stereocenters. The summed E-state index contributed by atoms with van der Waals surface area (Å²) in [7, 11) is 0. The molecule has 1 aromatic carbocycles. The minimum Gasteiger partial charge on any atom is -0.397 e. The molecule has 0 spiro atoms. The summed E-state index contributed by atoms with van der Waals surface area (Å²) in [6.45, 7) is 4.35. The summed E-state index contributed by atoms with van der Waals surface area (Å²) in [6, 6.07) is 4.39. The molecule has 2 rings (SSSR count). The minimum atomic E-state index is 0.0869. The molecule has 0 saturated heterocycles. The largest absolute Gasteiger partial charge is 0.397 e. The Morgan fingerprint density at radius 2 is 2.16 bits per heavy atom. The van der Waals surface area contributed by atoms with Crippen molar-refractivity contribution in [3.63, 3.8) is 0 Å². The zero-order chi connectivity index (χ0) is 13.8. The standard InChI is InChI=1S/C15H23N3O/c1-3-5-11(4-2)17-14-9-13-10(8-12(14)16)6-7-15(19)18-13/h8-9,11,17H,3-7,16H2,1-2H3,(H,18,19). The highest BCUT2D eigenvalue weighted by molar-refractivity contribution is 5.95. The van der Waals surface area contributed by atoms with Gasteiger partial charge in [-0.2, -0.15) is 0 Å². The Morgan fingerprint density at radius 1 is 1.37 bits per heavy atom. The van der Waals surface area contributed by atoms with E-state index in [4.69, 9.17) is 5.73 Å². The summed E-state index contributed by atoms with van der Waals surface area (Å²) in [5.74, 6) is 0.0869. The first-order valence-electron chi connectivity index (χ1n) is 7.12. The number of hydrogen-bond donors (Lipinski definition) is 3. The molecule has 0 bridgehead atoms. The minimum absolute atomic E-state index is 0.0869. The van der Waals surface area contributed by atoms with Crippen LogP contribution >= 0.6 is 0 Å². The molecule has 1 aliphatic rings. The van der Waals surface area contributed by atoms with Gasteiger partial charge in [0.1, 0.15) is 0 Å². The molecule has 1 amide bonds. The third-order valence-corrected chi connectivity index (χ3v) is 3.66. The molecular formula is C15H23N3O. The molecule has 0 saturated carbocycles. The molecule has 4 heteroatoms. The molecule has 1 aliphatic heterocycles. The molecule has 1 heterocycles. The van der Waals surface area contributed by atoms with Gasteiger partial charge in [0, 0.05) is 18.2 Å². The van der Waals surface area contributed by atoms with Crippen molar-refractivity contribution < 1.29 is 4.79 Å². The van der Waals surface area contributed by atoms with Gasteiger partial charge >= 0.3 is 0 Å². The average Bonchev–Trinajstić information content (AvgIpc) is 2.39. The highest BCUT2D eigenvalue weighted by Gasteiger charge is 2.17. The maximum absolute atomic E-state index is 11.4. The maximum atomic E-state index is 11.4. The lowest BCUT2D eigenvalue weighted by atomic mass is 10.0. The zero-order valence-corrected chi connectivity index (χ0v) is 11.8. The van der Waals surface area contributed by atoms with Crippen LogP contribution in [-0.2, 0) is 11.2 Å². The molecule has 0 aromatic heterocycles. The quantitative estimate of drug-likeness (QED) is 0.713. The van der Waals surface area contributed by atoms with Gasteiger partial charge in [0.05, 0.1) is 11.4 Å². The number of rotatable bonds is 5. The van der Waals surface area contributed by atoms with Crippen LogP contribution in [0.15, 0.2) is 12.1 Å². The van der Waals surface area contributed by atoms with Crippen molar-refractivity contribution in [2.45, 2.75) is 52.0 Å². The van der Waals surface area contributed by atoms with Gasteiger partial charge in [0.25, 0.3) is 0 Å². The molecule has 1 aromatic rings. The summed E-state index contributed by atoms with van der Waals surface area (Å²) < 4.78 is 0. The predicted octanol–water partition coefficient (Wildman–Crippen LogP) is 3.14. The molecule has 4 N–H and O–H groups in total. The van der Waals surface area contributed by atoms with Crippen LogP contribution < -0.4 is 16.4 Å². The SMILES string of the molecule is CCCC(CC)Nc1cc2c(cc1N)CCC(=O)N2. The van der Waals surface area contributed by atoms with E-state index in [2.05, 4.69) is 24.5 Å². The topological polar surface area (TPSA) is 67.1 Å².